The van der Waals surface area contributed by atoms with E-state index >= 15 is 0 Å². The lowest BCUT2D eigenvalue weighted by molar-refractivity contribution is 0.569. The maximum atomic E-state index is 8.18. The molecule has 0 aliphatic rings. The van der Waals surface area contributed by atoms with Crippen LogP contribution in [-0.2, 0) is 5.41 Å². The van der Waals surface area contributed by atoms with Gasteiger partial charge in [-0.2, -0.15) is 0 Å². The monoisotopic (exact) mass is 355 g/mol. The van der Waals surface area contributed by atoms with Crippen molar-refractivity contribution in [1.82, 2.24) is 0 Å². The SMILES string of the molecule is [2H]C([2H])([2H])c1cc(C)c(C(C)(C)C)c2oc3c(ccc4ccc5ccccc5c43)c12. The first-order chi connectivity index (χ1) is 14.1. The van der Waals surface area contributed by atoms with Crippen LogP contribution in [0.5, 0.6) is 0 Å². The van der Waals surface area contributed by atoms with Crippen LogP contribution in [0.4, 0.5) is 0 Å². The van der Waals surface area contributed by atoms with Crippen molar-refractivity contribution in [2.75, 3.05) is 0 Å². The van der Waals surface area contributed by atoms with Crippen LogP contribution in [0.3, 0.4) is 0 Å². The summed E-state index contributed by atoms with van der Waals surface area (Å²) in [6.07, 6.45) is 0. The fourth-order valence-electron chi connectivity index (χ4n) is 4.56. The Morgan fingerprint density at radius 1 is 0.778 bits per heavy atom. The number of hydrogen-bond donors (Lipinski definition) is 0. The van der Waals surface area contributed by atoms with E-state index in [0.717, 1.165) is 49.0 Å². The predicted molar refractivity (Wildman–Crippen MR) is 117 cm³/mol. The molecule has 5 rings (SSSR count). The minimum Gasteiger partial charge on any atom is -0.455 e. The van der Waals surface area contributed by atoms with Gasteiger partial charge in [-0.05, 0) is 52.5 Å². The third kappa shape index (κ3) is 2.24. The van der Waals surface area contributed by atoms with Crippen molar-refractivity contribution in [1.29, 1.82) is 0 Å². The zero-order chi connectivity index (χ0) is 21.4. The van der Waals surface area contributed by atoms with Crippen LogP contribution in [0.1, 0.15) is 41.6 Å². The van der Waals surface area contributed by atoms with Crippen LogP contribution in [0.2, 0.25) is 0 Å². The van der Waals surface area contributed by atoms with Gasteiger partial charge in [-0.1, -0.05) is 69.3 Å². The van der Waals surface area contributed by atoms with Gasteiger partial charge in [-0.15, -0.1) is 0 Å². The van der Waals surface area contributed by atoms with E-state index in [-0.39, 0.29) is 5.41 Å². The molecule has 4 aromatic carbocycles. The first kappa shape index (κ1) is 13.4. The molecule has 0 aliphatic carbocycles. The summed E-state index contributed by atoms with van der Waals surface area (Å²) in [7, 11) is 0. The van der Waals surface area contributed by atoms with Crippen molar-refractivity contribution in [3.8, 4) is 0 Å². The quantitative estimate of drug-likeness (QED) is 0.258. The van der Waals surface area contributed by atoms with Gasteiger partial charge in [-0.3, -0.25) is 0 Å². The zero-order valence-corrected chi connectivity index (χ0v) is 16.1. The van der Waals surface area contributed by atoms with Crippen molar-refractivity contribution in [2.45, 2.75) is 40.0 Å². The molecule has 0 aliphatic heterocycles. The Hall–Kier alpha value is -2.80. The van der Waals surface area contributed by atoms with Gasteiger partial charge in [0.25, 0.3) is 0 Å². The first-order valence-electron chi connectivity index (χ1n) is 10.9. The molecule has 0 saturated carbocycles. The minimum atomic E-state index is -2.22. The van der Waals surface area contributed by atoms with Gasteiger partial charge in [0.1, 0.15) is 11.2 Å². The average molecular weight is 355 g/mol. The molecule has 1 heterocycles. The van der Waals surface area contributed by atoms with Gasteiger partial charge < -0.3 is 4.42 Å². The van der Waals surface area contributed by atoms with E-state index in [1.54, 1.807) is 0 Å². The molecule has 1 aromatic heterocycles. The highest BCUT2D eigenvalue weighted by Gasteiger charge is 2.25. The average Bonchev–Trinajstić information content (AvgIpc) is 3.03. The molecule has 1 nitrogen and oxygen atoms in total. The summed E-state index contributed by atoms with van der Waals surface area (Å²) in [5.74, 6) is 0. The lowest BCUT2D eigenvalue weighted by atomic mass is 9.82. The second kappa shape index (κ2) is 5.36. The van der Waals surface area contributed by atoms with E-state index in [1.807, 2.05) is 31.2 Å². The smallest absolute Gasteiger partial charge is 0.143 e. The number of rotatable bonds is 0. The largest absolute Gasteiger partial charge is 0.455 e. The van der Waals surface area contributed by atoms with Crippen molar-refractivity contribution >= 4 is 43.5 Å². The summed E-state index contributed by atoms with van der Waals surface area (Å²) in [4.78, 5) is 0. The highest BCUT2D eigenvalue weighted by Crippen LogP contribution is 2.43. The van der Waals surface area contributed by atoms with Crippen molar-refractivity contribution < 1.29 is 8.53 Å². The van der Waals surface area contributed by atoms with Crippen LogP contribution >= 0.6 is 0 Å². The summed E-state index contributed by atoms with van der Waals surface area (Å²) in [6, 6.07) is 18.4. The summed E-state index contributed by atoms with van der Waals surface area (Å²) < 4.78 is 31.1. The normalized spacial score (nSPS) is 14.7. The van der Waals surface area contributed by atoms with Crippen LogP contribution in [0.15, 0.2) is 59.0 Å². The molecule has 0 amide bonds. The van der Waals surface area contributed by atoms with Crippen LogP contribution in [-0.4, -0.2) is 0 Å². The molecule has 0 fully saturated rings. The molecular formula is C26H24O. The van der Waals surface area contributed by atoms with E-state index < -0.39 is 6.85 Å². The molecule has 0 N–H and O–H groups in total. The van der Waals surface area contributed by atoms with Gasteiger partial charge in [-0.25, -0.2) is 0 Å². The number of benzene rings is 4. The zero-order valence-electron chi connectivity index (χ0n) is 19.1. The maximum absolute atomic E-state index is 8.18. The molecule has 0 radical (unpaired) electrons. The van der Waals surface area contributed by atoms with Crippen LogP contribution in [0.25, 0.3) is 43.5 Å². The molecule has 27 heavy (non-hydrogen) atoms. The first-order valence-corrected chi connectivity index (χ1v) is 9.38. The summed E-state index contributed by atoms with van der Waals surface area (Å²) in [6.45, 7) is 6.19. The fourth-order valence-corrected chi connectivity index (χ4v) is 4.56. The topological polar surface area (TPSA) is 13.1 Å². The molecule has 0 atom stereocenters. The van der Waals surface area contributed by atoms with Crippen molar-refractivity contribution in [3.63, 3.8) is 0 Å². The van der Waals surface area contributed by atoms with E-state index in [9.17, 15) is 0 Å². The highest BCUT2D eigenvalue weighted by atomic mass is 16.3. The van der Waals surface area contributed by atoms with Crippen molar-refractivity contribution in [2.24, 2.45) is 0 Å². The van der Waals surface area contributed by atoms with Gasteiger partial charge in [0.2, 0.25) is 0 Å². The highest BCUT2D eigenvalue weighted by molar-refractivity contribution is 6.23. The second-order valence-corrected chi connectivity index (χ2v) is 8.50. The molecule has 0 spiro atoms. The second-order valence-electron chi connectivity index (χ2n) is 8.50. The minimum absolute atomic E-state index is 0.179. The molecule has 1 heteroatoms. The Balaban J connectivity index is 2.10. The van der Waals surface area contributed by atoms with Gasteiger partial charge in [0.05, 0.1) is 0 Å². The Kier molecular flexibility index (Phi) is 2.65. The van der Waals surface area contributed by atoms with Gasteiger partial charge in [0.15, 0.2) is 0 Å². The number of furan rings is 1. The number of fused-ring (bicyclic) bond motifs is 7. The molecule has 0 unspecified atom stereocenters. The van der Waals surface area contributed by atoms with E-state index in [2.05, 4.69) is 51.1 Å². The lowest BCUT2D eigenvalue weighted by Gasteiger charge is -2.22. The Bertz CT molecular complexity index is 1460. The molecular weight excluding hydrogens is 328 g/mol. The molecule has 134 valence electrons. The third-order valence-electron chi connectivity index (χ3n) is 5.56. The Morgan fingerprint density at radius 3 is 2.30 bits per heavy atom. The molecule has 0 saturated heterocycles. The fraction of sp³-hybridized carbons (Fsp3) is 0.231. The van der Waals surface area contributed by atoms with Gasteiger partial charge >= 0.3 is 0 Å². The Morgan fingerprint density at radius 2 is 1.52 bits per heavy atom. The molecule has 5 aromatic rings. The Labute approximate surface area is 163 Å². The van der Waals surface area contributed by atoms with Crippen molar-refractivity contribution in [3.05, 3.63) is 71.3 Å². The number of aryl methyl sites for hydroxylation is 2. The van der Waals surface area contributed by atoms with Crippen LogP contribution in [0, 0.1) is 13.8 Å². The number of hydrogen-bond acceptors (Lipinski definition) is 1. The van der Waals surface area contributed by atoms with E-state index in [4.69, 9.17) is 8.53 Å². The third-order valence-corrected chi connectivity index (χ3v) is 5.56. The molecule has 0 bridgehead atoms. The van der Waals surface area contributed by atoms with E-state index in [1.165, 1.54) is 0 Å². The summed E-state index contributed by atoms with van der Waals surface area (Å²) >= 11 is 0. The predicted octanol–water partition coefficient (Wildman–Crippen LogP) is 7.81. The maximum Gasteiger partial charge on any atom is 0.143 e. The lowest BCUT2D eigenvalue weighted by Crippen LogP contribution is -2.13. The standard InChI is InChI=1S/C26H24O/c1-15-14-16(2)23(26(3,4)5)25-21(15)20-13-12-18-11-10-17-8-6-7-9-19(17)22(18)24(20)27-25/h6-14H,1-5H3/i1D3. The summed E-state index contributed by atoms with van der Waals surface area (Å²) in [5, 5.41) is 5.96. The van der Waals surface area contributed by atoms with E-state index in [0.29, 0.717) is 11.1 Å². The summed E-state index contributed by atoms with van der Waals surface area (Å²) in [5.41, 5.74) is 3.66. The van der Waals surface area contributed by atoms with Crippen LogP contribution < -0.4 is 0 Å². The van der Waals surface area contributed by atoms with Gasteiger partial charge in [0, 0.05) is 25.8 Å².